The predicted octanol–water partition coefficient (Wildman–Crippen LogP) is 3.42. The number of hydrogen-bond donors (Lipinski definition) is 0. The summed E-state index contributed by atoms with van der Waals surface area (Å²) in [6.07, 6.45) is 0.178. The van der Waals surface area contributed by atoms with E-state index in [1.165, 1.54) is 0 Å². The van der Waals surface area contributed by atoms with Crippen LogP contribution in [0.2, 0.25) is 5.02 Å². The fourth-order valence-electron chi connectivity index (χ4n) is 2.54. The molecule has 0 saturated heterocycles. The molecule has 1 aliphatic heterocycles. The lowest BCUT2D eigenvalue weighted by Crippen LogP contribution is -2.27. The van der Waals surface area contributed by atoms with Gasteiger partial charge in [0.1, 0.15) is 13.2 Å². The van der Waals surface area contributed by atoms with E-state index in [1.807, 2.05) is 19.9 Å². The van der Waals surface area contributed by atoms with E-state index in [0.717, 1.165) is 5.69 Å². The molecule has 0 bridgehead atoms. The van der Waals surface area contributed by atoms with Crippen molar-refractivity contribution < 1.29 is 18.8 Å². The third-order valence-corrected chi connectivity index (χ3v) is 4.39. The Hall–Kier alpha value is -2.21. The van der Waals surface area contributed by atoms with Crippen LogP contribution in [0.3, 0.4) is 0 Å². The van der Waals surface area contributed by atoms with Crippen LogP contribution >= 0.6 is 11.6 Å². The van der Waals surface area contributed by atoms with Crippen molar-refractivity contribution in [2.75, 3.05) is 20.3 Å². The molecule has 0 spiro atoms. The highest BCUT2D eigenvalue weighted by Gasteiger charge is 2.19. The molecule has 1 aliphatic rings. The molecule has 2 heterocycles. The van der Waals surface area contributed by atoms with Gasteiger partial charge in [0.15, 0.2) is 17.3 Å². The summed E-state index contributed by atoms with van der Waals surface area (Å²) in [4.78, 5) is 14.1. The Kier molecular flexibility index (Phi) is 5.18. The molecule has 1 aromatic carbocycles. The van der Waals surface area contributed by atoms with E-state index in [9.17, 15) is 4.79 Å². The fourth-order valence-corrected chi connectivity index (χ4v) is 2.76. The van der Waals surface area contributed by atoms with Gasteiger partial charge in [0.25, 0.3) is 0 Å². The van der Waals surface area contributed by atoms with E-state index in [-0.39, 0.29) is 18.2 Å². The molecule has 25 heavy (non-hydrogen) atoms. The first kappa shape index (κ1) is 17.6. The average molecular weight is 365 g/mol. The highest BCUT2D eigenvalue weighted by Crippen LogP contribution is 2.35. The van der Waals surface area contributed by atoms with E-state index in [1.54, 1.807) is 24.1 Å². The molecule has 0 radical (unpaired) electrons. The summed E-state index contributed by atoms with van der Waals surface area (Å²) in [6.45, 7) is 5.44. The molecule has 7 heteroatoms. The highest BCUT2D eigenvalue weighted by atomic mass is 35.5. The van der Waals surface area contributed by atoms with E-state index in [2.05, 4.69) is 5.16 Å². The summed E-state index contributed by atoms with van der Waals surface area (Å²) in [5.74, 6) is 2.12. The molecule has 1 amide bonds. The van der Waals surface area contributed by atoms with E-state index < -0.39 is 0 Å². The zero-order valence-corrected chi connectivity index (χ0v) is 15.3. The number of aromatic nitrogens is 1. The Bertz CT molecular complexity index is 772. The van der Waals surface area contributed by atoms with Crippen molar-refractivity contribution >= 4 is 17.5 Å². The molecule has 2 aromatic rings. The first-order valence-electron chi connectivity index (χ1n) is 8.21. The number of ether oxygens (including phenoxy) is 2. The van der Waals surface area contributed by atoms with Crippen molar-refractivity contribution in [2.24, 2.45) is 0 Å². The van der Waals surface area contributed by atoms with Crippen molar-refractivity contribution in [3.05, 3.63) is 40.2 Å². The highest BCUT2D eigenvalue weighted by molar-refractivity contribution is 6.31. The van der Waals surface area contributed by atoms with Crippen LogP contribution in [0.25, 0.3) is 0 Å². The Morgan fingerprint density at radius 3 is 2.56 bits per heavy atom. The number of hydrogen-bond acceptors (Lipinski definition) is 5. The third-order valence-electron chi connectivity index (χ3n) is 4.04. The first-order valence-corrected chi connectivity index (χ1v) is 8.59. The lowest BCUT2D eigenvalue weighted by molar-refractivity contribution is -0.129. The Morgan fingerprint density at radius 2 is 1.92 bits per heavy atom. The van der Waals surface area contributed by atoms with Crippen LogP contribution in [-0.2, 0) is 17.8 Å². The lowest BCUT2D eigenvalue weighted by atomic mass is 10.1. The molecule has 0 saturated carbocycles. The maximum absolute atomic E-state index is 12.5. The molecular formula is C18H21ClN2O4. The number of carbonyl (C=O) groups excluding carboxylic acids is 1. The van der Waals surface area contributed by atoms with Gasteiger partial charge in [-0.15, -0.1) is 0 Å². The SMILES string of the molecule is CC(C)c1cc(CN(C)C(=O)Cc2cc3c(cc2Cl)OCCO3)on1. The molecule has 1 aromatic heterocycles. The smallest absolute Gasteiger partial charge is 0.227 e. The number of fused-ring (bicyclic) bond motifs is 1. The third kappa shape index (κ3) is 4.07. The normalized spacial score (nSPS) is 13.2. The Morgan fingerprint density at radius 1 is 1.24 bits per heavy atom. The van der Waals surface area contributed by atoms with Gasteiger partial charge in [-0.25, -0.2) is 0 Å². The zero-order valence-electron chi connectivity index (χ0n) is 14.5. The van der Waals surface area contributed by atoms with Crippen LogP contribution in [0.5, 0.6) is 11.5 Å². The summed E-state index contributed by atoms with van der Waals surface area (Å²) < 4.78 is 16.3. The van der Waals surface area contributed by atoms with Crippen LogP contribution in [0.1, 0.15) is 36.8 Å². The Labute approximate surface area is 151 Å². The largest absolute Gasteiger partial charge is 0.486 e. The average Bonchev–Trinajstić information content (AvgIpc) is 3.04. The topological polar surface area (TPSA) is 64.8 Å². The molecule has 0 unspecified atom stereocenters. The standard InChI is InChI=1S/C18H21ClN2O4/c1-11(2)15-8-13(25-20-15)10-21(3)18(22)7-12-6-16-17(9-14(12)19)24-5-4-23-16/h6,8-9,11H,4-5,7,10H2,1-3H3. The van der Waals surface area contributed by atoms with Crippen LogP contribution in [0, 0.1) is 0 Å². The molecule has 6 nitrogen and oxygen atoms in total. The van der Waals surface area contributed by atoms with Gasteiger partial charge in [-0.1, -0.05) is 30.6 Å². The number of halogens is 1. The monoisotopic (exact) mass is 364 g/mol. The molecule has 0 fully saturated rings. The zero-order chi connectivity index (χ0) is 18.0. The van der Waals surface area contributed by atoms with Gasteiger partial charge in [-0.3, -0.25) is 4.79 Å². The van der Waals surface area contributed by atoms with Gasteiger partial charge in [-0.2, -0.15) is 0 Å². The van der Waals surface area contributed by atoms with Crippen LogP contribution < -0.4 is 9.47 Å². The van der Waals surface area contributed by atoms with Crippen molar-refractivity contribution in [1.82, 2.24) is 10.1 Å². The van der Waals surface area contributed by atoms with Gasteiger partial charge in [0.05, 0.1) is 18.7 Å². The van der Waals surface area contributed by atoms with Gasteiger partial charge >= 0.3 is 0 Å². The van der Waals surface area contributed by atoms with E-state index >= 15 is 0 Å². The van der Waals surface area contributed by atoms with Gasteiger partial charge in [0.2, 0.25) is 5.91 Å². The number of amides is 1. The molecule has 134 valence electrons. The van der Waals surface area contributed by atoms with Gasteiger partial charge < -0.3 is 18.9 Å². The summed E-state index contributed by atoms with van der Waals surface area (Å²) in [5, 5.41) is 4.50. The number of carbonyl (C=O) groups is 1. The number of nitrogens with zero attached hydrogens (tertiary/aromatic N) is 2. The second kappa shape index (κ2) is 7.35. The lowest BCUT2D eigenvalue weighted by Gasteiger charge is -2.20. The fraction of sp³-hybridized carbons (Fsp3) is 0.444. The Balaban J connectivity index is 1.66. The minimum Gasteiger partial charge on any atom is -0.486 e. The molecule has 0 N–H and O–H groups in total. The van der Waals surface area contributed by atoms with E-state index in [0.29, 0.717) is 47.6 Å². The van der Waals surface area contributed by atoms with Crippen LogP contribution in [0.4, 0.5) is 0 Å². The molecular weight excluding hydrogens is 344 g/mol. The quantitative estimate of drug-likeness (QED) is 0.813. The number of benzene rings is 1. The molecule has 3 rings (SSSR count). The van der Waals surface area contributed by atoms with E-state index in [4.69, 9.17) is 25.6 Å². The number of rotatable bonds is 5. The van der Waals surface area contributed by atoms with Crippen LogP contribution in [-0.4, -0.2) is 36.2 Å². The minimum atomic E-state index is -0.0684. The molecule has 0 aliphatic carbocycles. The second-order valence-electron chi connectivity index (χ2n) is 6.39. The second-order valence-corrected chi connectivity index (χ2v) is 6.79. The van der Waals surface area contributed by atoms with Crippen molar-refractivity contribution in [1.29, 1.82) is 0 Å². The maximum Gasteiger partial charge on any atom is 0.227 e. The predicted molar refractivity (Wildman–Crippen MR) is 93.2 cm³/mol. The summed E-state index contributed by atoms with van der Waals surface area (Å²) in [7, 11) is 1.73. The maximum atomic E-state index is 12.5. The van der Waals surface area contributed by atoms with Crippen molar-refractivity contribution in [3.8, 4) is 11.5 Å². The first-order chi connectivity index (χ1) is 11.9. The number of likely N-dealkylation sites (N-methyl/N-ethyl adjacent to an activating group) is 1. The van der Waals surface area contributed by atoms with Crippen LogP contribution in [0.15, 0.2) is 22.7 Å². The minimum absolute atomic E-state index is 0.0684. The summed E-state index contributed by atoms with van der Waals surface area (Å²) in [5.41, 5.74) is 1.59. The van der Waals surface area contributed by atoms with Gasteiger partial charge in [0, 0.05) is 24.2 Å². The van der Waals surface area contributed by atoms with Crippen molar-refractivity contribution in [3.63, 3.8) is 0 Å². The summed E-state index contributed by atoms with van der Waals surface area (Å²) >= 11 is 6.27. The van der Waals surface area contributed by atoms with Crippen molar-refractivity contribution in [2.45, 2.75) is 32.7 Å². The summed E-state index contributed by atoms with van der Waals surface area (Å²) in [6, 6.07) is 5.35. The van der Waals surface area contributed by atoms with Gasteiger partial charge in [-0.05, 0) is 17.5 Å². The molecule has 0 atom stereocenters.